The Labute approximate surface area is 99.3 Å². The number of amides is 2. The fraction of sp³-hybridized carbons (Fsp3) is 0.800. The van der Waals surface area contributed by atoms with Crippen LogP contribution in [0.25, 0.3) is 0 Å². The molecule has 2 aliphatic rings. The van der Waals surface area contributed by atoms with Gasteiger partial charge in [-0.3, -0.25) is 14.9 Å². The second-order valence-electron chi connectivity index (χ2n) is 4.72. The SMILES string of the molecule is C[C@H](O)[C@@H](N)C(=O)N1CCNC2(CNC2=O)C1. The average molecular weight is 242 g/mol. The standard InChI is InChI=1S/C10H18N4O3/c1-6(15)7(11)8(16)14-3-2-13-10(5-14)4-12-9(10)17/h6-7,13,15H,2-5,11H2,1H3,(H,12,17)/t6-,7+,10?/m0/s1. The highest BCUT2D eigenvalue weighted by molar-refractivity contribution is 5.94. The number of hydrogen-bond acceptors (Lipinski definition) is 5. The van der Waals surface area contributed by atoms with Gasteiger partial charge in [-0.2, -0.15) is 0 Å². The Morgan fingerprint density at radius 1 is 1.65 bits per heavy atom. The van der Waals surface area contributed by atoms with Crippen LogP contribution in [0.5, 0.6) is 0 Å². The first-order valence-corrected chi connectivity index (χ1v) is 5.72. The fourth-order valence-electron chi connectivity index (χ4n) is 2.14. The van der Waals surface area contributed by atoms with Gasteiger partial charge in [-0.1, -0.05) is 0 Å². The van der Waals surface area contributed by atoms with E-state index in [1.807, 2.05) is 0 Å². The molecular weight excluding hydrogens is 224 g/mol. The van der Waals surface area contributed by atoms with E-state index in [1.54, 1.807) is 4.90 Å². The number of rotatable bonds is 2. The van der Waals surface area contributed by atoms with Gasteiger partial charge in [0.05, 0.1) is 6.10 Å². The minimum Gasteiger partial charge on any atom is -0.391 e. The van der Waals surface area contributed by atoms with Crippen molar-refractivity contribution in [1.29, 1.82) is 0 Å². The number of nitrogens with two attached hydrogens (primary N) is 1. The monoisotopic (exact) mass is 242 g/mol. The van der Waals surface area contributed by atoms with E-state index < -0.39 is 17.7 Å². The van der Waals surface area contributed by atoms with Crippen LogP contribution in [0.4, 0.5) is 0 Å². The number of aliphatic hydroxyl groups is 1. The minimum absolute atomic E-state index is 0.0828. The Kier molecular flexibility index (Phi) is 3.07. The summed E-state index contributed by atoms with van der Waals surface area (Å²) < 4.78 is 0. The van der Waals surface area contributed by atoms with Gasteiger partial charge >= 0.3 is 0 Å². The molecule has 0 radical (unpaired) electrons. The largest absolute Gasteiger partial charge is 0.391 e. The Bertz CT molecular complexity index is 346. The van der Waals surface area contributed by atoms with Crippen LogP contribution < -0.4 is 16.4 Å². The van der Waals surface area contributed by atoms with Gasteiger partial charge in [-0.15, -0.1) is 0 Å². The molecule has 0 bridgehead atoms. The van der Waals surface area contributed by atoms with Crippen molar-refractivity contribution in [2.45, 2.75) is 24.6 Å². The van der Waals surface area contributed by atoms with Crippen molar-refractivity contribution >= 4 is 11.8 Å². The second kappa shape index (κ2) is 4.25. The van der Waals surface area contributed by atoms with E-state index in [2.05, 4.69) is 10.6 Å². The van der Waals surface area contributed by atoms with E-state index in [1.165, 1.54) is 6.92 Å². The smallest absolute Gasteiger partial charge is 0.244 e. The van der Waals surface area contributed by atoms with Crippen molar-refractivity contribution < 1.29 is 14.7 Å². The van der Waals surface area contributed by atoms with Gasteiger partial charge in [0.25, 0.3) is 0 Å². The summed E-state index contributed by atoms with van der Waals surface area (Å²) in [7, 11) is 0. The first-order chi connectivity index (χ1) is 7.96. The molecule has 0 aromatic carbocycles. The molecule has 7 heteroatoms. The van der Waals surface area contributed by atoms with Crippen LogP contribution in [0.2, 0.25) is 0 Å². The molecule has 0 saturated carbocycles. The summed E-state index contributed by atoms with van der Waals surface area (Å²) in [5.41, 5.74) is 4.96. The van der Waals surface area contributed by atoms with Crippen LogP contribution in [0.3, 0.4) is 0 Å². The van der Waals surface area contributed by atoms with Crippen LogP contribution in [0, 0.1) is 0 Å². The van der Waals surface area contributed by atoms with Crippen LogP contribution in [-0.4, -0.2) is 65.7 Å². The maximum atomic E-state index is 12.0. The molecule has 2 heterocycles. The molecule has 7 nitrogen and oxygen atoms in total. The summed E-state index contributed by atoms with van der Waals surface area (Å²) in [6.45, 7) is 3.40. The Balaban J connectivity index is 2.02. The van der Waals surface area contributed by atoms with Crippen molar-refractivity contribution in [1.82, 2.24) is 15.5 Å². The van der Waals surface area contributed by atoms with E-state index in [9.17, 15) is 14.7 Å². The maximum absolute atomic E-state index is 12.0. The fourth-order valence-corrected chi connectivity index (χ4v) is 2.14. The first-order valence-electron chi connectivity index (χ1n) is 5.72. The molecule has 17 heavy (non-hydrogen) atoms. The molecule has 2 rings (SSSR count). The summed E-state index contributed by atoms with van der Waals surface area (Å²) in [4.78, 5) is 25.0. The molecule has 2 amide bonds. The molecule has 0 aromatic heterocycles. The molecule has 0 aliphatic carbocycles. The van der Waals surface area contributed by atoms with Crippen LogP contribution in [0.1, 0.15) is 6.92 Å². The number of β-lactam (4-membered cyclic amide) rings is 1. The normalized spacial score (nSPS) is 31.7. The highest BCUT2D eigenvalue weighted by Crippen LogP contribution is 2.18. The number of aliphatic hydroxyl groups excluding tert-OH is 1. The van der Waals surface area contributed by atoms with Crippen LogP contribution in [0.15, 0.2) is 0 Å². The molecule has 2 saturated heterocycles. The number of carbonyl (C=O) groups excluding carboxylic acids is 2. The molecule has 5 N–H and O–H groups in total. The van der Waals surface area contributed by atoms with E-state index in [0.29, 0.717) is 26.2 Å². The highest BCUT2D eigenvalue weighted by atomic mass is 16.3. The van der Waals surface area contributed by atoms with Gasteiger partial charge in [0.2, 0.25) is 11.8 Å². The van der Waals surface area contributed by atoms with Gasteiger partial charge in [-0.25, -0.2) is 0 Å². The lowest BCUT2D eigenvalue weighted by Gasteiger charge is -2.48. The molecule has 96 valence electrons. The Morgan fingerprint density at radius 3 is 2.82 bits per heavy atom. The Morgan fingerprint density at radius 2 is 2.35 bits per heavy atom. The van der Waals surface area contributed by atoms with Gasteiger partial charge < -0.3 is 21.1 Å². The first kappa shape index (κ1) is 12.3. The van der Waals surface area contributed by atoms with Gasteiger partial charge in [0, 0.05) is 26.2 Å². The van der Waals surface area contributed by atoms with Gasteiger partial charge in [-0.05, 0) is 6.92 Å². The zero-order chi connectivity index (χ0) is 12.6. The zero-order valence-corrected chi connectivity index (χ0v) is 9.77. The van der Waals surface area contributed by atoms with Crippen LogP contribution >= 0.6 is 0 Å². The highest BCUT2D eigenvalue weighted by Gasteiger charge is 2.50. The summed E-state index contributed by atoms with van der Waals surface area (Å²) in [6, 6.07) is -0.923. The van der Waals surface area contributed by atoms with Crippen LogP contribution in [-0.2, 0) is 9.59 Å². The van der Waals surface area contributed by atoms with E-state index in [4.69, 9.17) is 5.73 Å². The summed E-state index contributed by atoms with van der Waals surface area (Å²) in [6.07, 6.45) is -0.886. The summed E-state index contributed by atoms with van der Waals surface area (Å²) in [5, 5.41) is 15.1. The molecule has 1 spiro atoms. The molecule has 2 fully saturated rings. The predicted molar refractivity (Wildman–Crippen MR) is 60.0 cm³/mol. The summed E-state index contributed by atoms with van der Waals surface area (Å²) in [5.74, 6) is -0.388. The Hall–Kier alpha value is -1.18. The molecule has 0 aromatic rings. The summed E-state index contributed by atoms with van der Waals surface area (Å²) >= 11 is 0. The number of piperazine rings is 1. The third-order valence-electron chi connectivity index (χ3n) is 3.41. The lowest BCUT2D eigenvalue weighted by Crippen LogP contribution is -2.79. The number of nitrogens with zero attached hydrogens (tertiary/aromatic N) is 1. The van der Waals surface area contributed by atoms with Crippen molar-refractivity contribution in [2.24, 2.45) is 5.73 Å². The minimum atomic E-state index is -0.923. The van der Waals surface area contributed by atoms with Crippen molar-refractivity contribution in [3.8, 4) is 0 Å². The third-order valence-corrected chi connectivity index (χ3v) is 3.41. The van der Waals surface area contributed by atoms with E-state index in [-0.39, 0.29) is 11.8 Å². The van der Waals surface area contributed by atoms with Crippen molar-refractivity contribution in [3.63, 3.8) is 0 Å². The number of hydrogen-bond donors (Lipinski definition) is 4. The number of nitrogens with one attached hydrogen (secondary N) is 2. The maximum Gasteiger partial charge on any atom is 0.244 e. The van der Waals surface area contributed by atoms with Gasteiger partial charge in [0.15, 0.2) is 0 Å². The van der Waals surface area contributed by atoms with Gasteiger partial charge in [0.1, 0.15) is 11.6 Å². The van der Waals surface area contributed by atoms with Crippen molar-refractivity contribution in [3.05, 3.63) is 0 Å². The molecule has 2 aliphatic heterocycles. The lowest BCUT2D eigenvalue weighted by atomic mass is 9.88. The average Bonchev–Trinajstić information content (AvgIpc) is 2.35. The lowest BCUT2D eigenvalue weighted by molar-refractivity contribution is -0.144. The topological polar surface area (TPSA) is 108 Å². The molecular formula is C10H18N4O3. The molecule has 1 unspecified atom stereocenters. The quantitative estimate of drug-likeness (QED) is 0.386. The van der Waals surface area contributed by atoms with E-state index in [0.717, 1.165) is 0 Å². The van der Waals surface area contributed by atoms with E-state index >= 15 is 0 Å². The number of carbonyl (C=O) groups is 2. The predicted octanol–water partition coefficient (Wildman–Crippen LogP) is -3.01. The third kappa shape index (κ3) is 2.01. The second-order valence-corrected chi connectivity index (χ2v) is 4.72. The van der Waals surface area contributed by atoms with Crippen molar-refractivity contribution in [2.75, 3.05) is 26.2 Å². The molecule has 3 atom stereocenters. The zero-order valence-electron chi connectivity index (χ0n) is 9.77.